The van der Waals surface area contributed by atoms with Gasteiger partial charge in [-0.05, 0) is 73.5 Å². The molecule has 1 saturated heterocycles. The molecule has 3 aromatic rings. The van der Waals surface area contributed by atoms with Crippen molar-refractivity contribution in [3.63, 3.8) is 0 Å². The van der Waals surface area contributed by atoms with Gasteiger partial charge in [0.25, 0.3) is 11.8 Å². The summed E-state index contributed by atoms with van der Waals surface area (Å²) >= 11 is 0. The monoisotopic (exact) mass is 487 g/mol. The van der Waals surface area contributed by atoms with Crippen LogP contribution in [0.15, 0.2) is 72.8 Å². The standard InChI is InChI=1S/C29H33N3O4/c1-35-27-7-5-6-25(18-27)31-28(33)21-36-26-14-12-24(13-15-26)29(34)30-19-22-8-10-23(11-9-22)20-32-16-3-2-4-17-32/h5-15,18H,2-4,16-17,19-21H2,1H3,(H,30,34)(H,31,33). The number of rotatable bonds is 10. The highest BCUT2D eigenvalue weighted by Crippen LogP contribution is 2.17. The van der Waals surface area contributed by atoms with Gasteiger partial charge in [0.2, 0.25) is 0 Å². The molecule has 1 aliphatic heterocycles. The van der Waals surface area contributed by atoms with E-state index < -0.39 is 0 Å². The van der Waals surface area contributed by atoms with Crippen molar-refractivity contribution in [2.45, 2.75) is 32.4 Å². The first-order valence-electron chi connectivity index (χ1n) is 12.3. The molecule has 1 aliphatic rings. The van der Waals surface area contributed by atoms with Crippen LogP contribution in [0, 0.1) is 0 Å². The number of nitrogens with one attached hydrogen (secondary N) is 2. The molecule has 36 heavy (non-hydrogen) atoms. The van der Waals surface area contributed by atoms with Gasteiger partial charge < -0.3 is 20.1 Å². The molecule has 0 aliphatic carbocycles. The molecule has 2 N–H and O–H groups in total. The summed E-state index contributed by atoms with van der Waals surface area (Å²) in [4.78, 5) is 27.2. The Bertz CT molecular complexity index is 1140. The number of likely N-dealkylation sites (tertiary alicyclic amines) is 1. The quantitative estimate of drug-likeness (QED) is 0.436. The molecule has 4 rings (SSSR count). The van der Waals surface area contributed by atoms with Crippen molar-refractivity contribution >= 4 is 17.5 Å². The molecular formula is C29H33N3O4. The van der Waals surface area contributed by atoms with Crippen molar-refractivity contribution in [1.29, 1.82) is 0 Å². The summed E-state index contributed by atoms with van der Waals surface area (Å²) in [5.41, 5.74) is 3.53. The Balaban J connectivity index is 1.20. The molecule has 1 fully saturated rings. The average Bonchev–Trinajstić information content (AvgIpc) is 2.92. The van der Waals surface area contributed by atoms with E-state index in [9.17, 15) is 9.59 Å². The Morgan fingerprint density at radius 3 is 2.31 bits per heavy atom. The fourth-order valence-electron chi connectivity index (χ4n) is 4.17. The van der Waals surface area contributed by atoms with Gasteiger partial charge in [0.1, 0.15) is 11.5 Å². The van der Waals surface area contributed by atoms with Crippen molar-refractivity contribution in [3.8, 4) is 11.5 Å². The maximum Gasteiger partial charge on any atom is 0.262 e. The third-order valence-corrected chi connectivity index (χ3v) is 6.17. The molecular weight excluding hydrogens is 454 g/mol. The van der Waals surface area contributed by atoms with E-state index in [4.69, 9.17) is 9.47 Å². The van der Waals surface area contributed by atoms with Crippen LogP contribution in [-0.2, 0) is 17.9 Å². The first-order valence-corrected chi connectivity index (χ1v) is 12.3. The number of hydrogen-bond donors (Lipinski definition) is 2. The van der Waals surface area contributed by atoms with Gasteiger partial charge in [0.05, 0.1) is 7.11 Å². The predicted molar refractivity (Wildman–Crippen MR) is 140 cm³/mol. The first-order chi connectivity index (χ1) is 17.6. The van der Waals surface area contributed by atoms with E-state index in [1.807, 2.05) is 0 Å². The van der Waals surface area contributed by atoms with E-state index in [-0.39, 0.29) is 18.4 Å². The van der Waals surface area contributed by atoms with E-state index in [2.05, 4.69) is 39.8 Å². The highest BCUT2D eigenvalue weighted by molar-refractivity contribution is 5.94. The van der Waals surface area contributed by atoms with Crippen LogP contribution in [0.3, 0.4) is 0 Å². The van der Waals surface area contributed by atoms with Crippen molar-refractivity contribution < 1.29 is 19.1 Å². The lowest BCUT2D eigenvalue weighted by Crippen LogP contribution is -2.29. The number of carbonyl (C=O) groups excluding carboxylic acids is 2. The molecule has 188 valence electrons. The first kappa shape index (κ1) is 25.3. The molecule has 0 unspecified atom stereocenters. The molecule has 7 heteroatoms. The lowest BCUT2D eigenvalue weighted by atomic mass is 10.1. The molecule has 0 atom stereocenters. The zero-order valence-electron chi connectivity index (χ0n) is 20.7. The largest absolute Gasteiger partial charge is 0.497 e. The number of hydrogen-bond acceptors (Lipinski definition) is 5. The summed E-state index contributed by atoms with van der Waals surface area (Å²) in [6, 6.07) is 22.3. The summed E-state index contributed by atoms with van der Waals surface area (Å²) in [5.74, 6) is 0.728. The van der Waals surface area contributed by atoms with Crippen LogP contribution in [-0.4, -0.2) is 43.5 Å². The summed E-state index contributed by atoms with van der Waals surface area (Å²) < 4.78 is 10.7. The van der Waals surface area contributed by atoms with Crippen molar-refractivity contribution in [2.24, 2.45) is 0 Å². The van der Waals surface area contributed by atoms with E-state index >= 15 is 0 Å². The molecule has 0 radical (unpaired) electrons. The van der Waals surface area contributed by atoms with Crippen molar-refractivity contribution in [3.05, 3.63) is 89.5 Å². The minimum atomic E-state index is -0.285. The molecule has 0 spiro atoms. The van der Waals surface area contributed by atoms with Crippen LogP contribution < -0.4 is 20.1 Å². The summed E-state index contributed by atoms with van der Waals surface area (Å²) in [7, 11) is 1.57. The fourth-order valence-corrected chi connectivity index (χ4v) is 4.17. The van der Waals surface area contributed by atoms with Crippen LogP contribution in [0.5, 0.6) is 11.5 Å². The number of anilines is 1. The summed E-state index contributed by atoms with van der Waals surface area (Å²) in [6.07, 6.45) is 3.92. The molecule has 0 aromatic heterocycles. The summed E-state index contributed by atoms with van der Waals surface area (Å²) in [6.45, 7) is 3.67. The minimum absolute atomic E-state index is 0.142. The number of ether oxygens (including phenoxy) is 2. The van der Waals surface area contributed by atoms with Gasteiger partial charge in [-0.25, -0.2) is 0 Å². The fraction of sp³-hybridized carbons (Fsp3) is 0.310. The number of carbonyl (C=O) groups is 2. The zero-order valence-corrected chi connectivity index (χ0v) is 20.7. The smallest absolute Gasteiger partial charge is 0.262 e. The lowest BCUT2D eigenvalue weighted by Gasteiger charge is -2.26. The SMILES string of the molecule is COc1cccc(NC(=O)COc2ccc(C(=O)NCc3ccc(CN4CCCCC4)cc3)cc2)c1. The Hall–Kier alpha value is -3.84. The van der Waals surface area contributed by atoms with Gasteiger partial charge >= 0.3 is 0 Å². The molecule has 1 heterocycles. The highest BCUT2D eigenvalue weighted by atomic mass is 16.5. The maximum absolute atomic E-state index is 12.5. The normalized spacial score (nSPS) is 13.6. The van der Waals surface area contributed by atoms with Gasteiger partial charge in [0.15, 0.2) is 6.61 Å². The number of piperidine rings is 1. The van der Waals surface area contributed by atoms with Gasteiger partial charge in [-0.15, -0.1) is 0 Å². The van der Waals surface area contributed by atoms with E-state index in [0.717, 1.165) is 12.1 Å². The zero-order chi connectivity index (χ0) is 25.2. The van der Waals surface area contributed by atoms with Crippen LogP contribution in [0.1, 0.15) is 40.7 Å². The summed E-state index contributed by atoms with van der Waals surface area (Å²) in [5, 5.41) is 5.72. The van der Waals surface area contributed by atoms with Gasteiger partial charge in [-0.2, -0.15) is 0 Å². The predicted octanol–water partition coefficient (Wildman–Crippen LogP) is 4.63. The van der Waals surface area contributed by atoms with E-state index in [0.29, 0.717) is 29.3 Å². The Labute approximate surface area is 212 Å². The lowest BCUT2D eigenvalue weighted by molar-refractivity contribution is -0.118. The van der Waals surface area contributed by atoms with Gasteiger partial charge in [0, 0.05) is 30.4 Å². The van der Waals surface area contributed by atoms with Crippen LogP contribution in [0.4, 0.5) is 5.69 Å². The number of amides is 2. The third-order valence-electron chi connectivity index (χ3n) is 6.17. The van der Waals surface area contributed by atoms with Crippen LogP contribution in [0.2, 0.25) is 0 Å². The second-order valence-electron chi connectivity index (χ2n) is 8.93. The minimum Gasteiger partial charge on any atom is -0.497 e. The van der Waals surface area contributed by atoms with Crippen molar-refractivity contribution in [2.75, 3.05) is 32.1 Å². The second-order valence-corrected chi connectivity index (χ2v) is 8.93. The van der Waals surface area contributed by atoms with Crippen LogP contribution >= 0.6 is 0 Å². The average molecular weight is 488 g/mol. The maximum atomic E-state index is 12.5. The highest BCUT2D eigenvalue weighted by Gasteiger charge is 2.11. The second kappa shape index (κ2) is 12.7. The molecule has 0 bridgehead atoms. The van der Waals surface area contributed by atoms with E-state index in [1.165, 1.54) is 37.9 Å². The molecule has 3 aromatic carbocycles. The van der Waals surface area contributed by atoms with Gasteiger partial charge in [-0.3, -0.25) is 14.5 Å². The van der Waals surface area contributed by atoms with Crippen LogP contribution in [0.25, 0.3) is 0 Å². The topological polar surface area (TPSA) is 79.9 Å². The molecule has 0 saturated carbocycles. The Morgan fingerprint density at radius 1 is 0.861 bits per heavy atom. The number of benzene rings is 3. The number of nitrogens with zero attached hydrogens (tertiary/aromatic N) is 1. The van der Waals surface area contributed by atoms with E-state index in [1.54, 1.807) is 55.6 Å². The Kier molecular flexibility index (Phi) is 8.94. The number of methoxy groups -OCH3 is 1. The molecule has 7 nitrogen and oxygen atoms in total. The Morgan fingerprint density at radius 2 is 1.58 bits per heavy atom. The third kappa shape index (κ3) is 7.58. The molecule has 2 amide bonds. The van der Waals surface area contributed by atoms with Gasteiger partial charge in [-0.1, -0.05) is 36.8 Å². The van der Waals surface area contributed by atoms with Crippen molar-refractivity contribution in [1.82, 2.24) is 10.2 Å².